The summed E-state index contributed by atoms with van der Waals surface area (Å²) in [5, 5.41) is 4.99. The van der Waals surface area contributed by atoms with E-state index >= 15 is 0 Å². The van der Waals surface area contributed by atoms with Crippen LogP contribution in [0.3, 0.4) is 0 Å². The molecule has 0 bridgehead atoms. The van der Waals surface area contributed by atoms with Gasteiger partial charge in [-0.3, -0.25) is 9.59 Å². The molecule has 0 atom stereocenters. The van der Waals surface area contributed by atoms with Crippen molar-refractivity contribution in [3.8, 4) is 23.0 Å². The van der Waals surface area contributed by atoms with Crippen LogP contribution >= 0.6 is 0 Å². The Morgan fingerprint density at radius 2 is 1.31 bits per heavy atom. The van der Waals surface area contributed by atoms with Gasteiger partial charge in [0.2, 0.25) is 5.75 Å². The minimum absolute atomic E-state index is 0.324. The Morgan fingerprint density at radius 1 is 0.731 bits per heavy atom. The van der Waals surface area contributed by atoms with Gasteiger partial charge in [-0.05, 0) is 12.1 Å². The summed E-state index contributed by atoms with van der Waals surface area (Å²) >= 11 is 0. The Labute approximate surface area is 151 Å². The van der Waals surface area contributed by atoms with Gasteiger partial charge in [-0.1, -0.05) is 6.07 Å². The van der Waals surface area contributed by atoms with Crippen molar-refractivity contribution in [3.05, 3.63) is 36.4 Å². The maximum absolute atomic E-state index is 12.2. The molecule has 2 aromatic carbocycles. The van der Waals surface area contributed by atoms with Crippen LogP contribution in [0.4, 0.5) is 11.4 Å². The lowest BCUT2D eigenvalue weighted by molar-refractivity contribution is -0.133. The lowest BCUT2D eigenvalue weighted by Crippen LogP contribution is -2.29. The summed E-state index contributed by atoms with van der Waals surface area (Å²) in [6.07, 6.45) is 0. The first kappa shape index (κ1) is 18.9. The molecular formula is C18H20N2O6. The molecule has 0 aliphatic rings. The summed E-state index contributed by atoms with van der Waals surface area (Å²) in [7, 11) is 5.90. The smallest absolute Gasteiger partial charge is 0.314 e. The number of anilines is 2. The van der Waals surface area contributed by atoms with Crippen LogP contribution in [0, 0.1) is 0 Å². The number of carbonyl (C=O) groups is 2. The third-order valence-corrected chi connectivity index (χ3v) is 3.46. The first-order chi connectivity index (χ1) is 12.5. The number of carbonyl (C=O) groups excluding carboxylic acids is 2. The average molecular weight is 360 g/mol. The van der Waals surface area contributed by atoms with Gasteiger partial charge in [-0.15, -0.1) is 0 Å². The molecule has 0 heterocycles. The number of nitrogens with one attached hydrogen (secondary N) is 2. The minimum atomic E-state index is -0.845. The van der Waals surface area contributed by atoms with Gasteiger partial charge < -0.3 is 29.6 Å². The second-order valence-electron chi connectivity index (χ2n) is 5.05. The first-order valence-electron chi connectivity index (χ1n) is 7.58. The summed E-state index contributed by atoms with van der Waals surface area (Å²) < 4.78 is 20.7. The molecule has 8 heteroatoms. The number of amides is 2. The highest BCUT2D eigenvalue weighted by Crippen LogP contribution is 2.39. The quantitative estimate of drug-likeness (QED) is 0.768. The van der Waals surface area contributed by atoms with Crippen molar-refractivity contribution in [1.29, 1.82) is 0 Å². The van der Waals surface area contributed by atoms with E-state index in [1.807, 2.05) is 0 Å². The van der Waals surface area contributed by atoms with Crippen molar-refractivity contribution >= 4 is 23.2 Å². The van der Waals surface area contributed by atoms with Gasteiger partial charge >= 0.3 is 11.8 Å². The van der Waals surface area contributed by atoms with Gasteiger partial charge in [0.1, 0.15) is 5.75 Å². The minimum Gasteiger partial charge on any atom is -0.497 e. The monoisotopic (exact) mass is 360 g/mol. The van der Waals surface area contributed by atoms with E-state index in [4.69, 9.17) is 18.9 Å². The van der Waals surface area contributed by atoms with E-state index in [1.54, 1.807) is 24.3 Å². The molecule has 26 heavy (non-hydrogen) atoms. The third kappa shape index (κ3) is 4.35. The Morgan fingerprint density at radius 3 is 1.81 bits per heavy atom. The first-order valence-corrected chi connectivity index (χ1v) is 7.58. The number of benzene rings is 2. The average Bonchev–Trinajstić information content (AvgIpc) is 2.67. The number of hydrogen-bond donors (Lipinski definition) is 2. The van der Waals surface area contributed by atoms with Crippen molar-refractivity contribution in [1.82, 2.24) is 0 Å². The summed E-state index contributed by atoms with van der Waals surface area (Å²) in [6.45, 7) is 0. The molecular weight excluding hydrogens is 340 g/mol. The zero-order valence-electron chi connectivity index (χ0n) is 14.9. The SMILES string of the molecule is COc1cccc(NC(=O)C(=O)Nc2cc(OC)c(OC)c(OC)c2)c1. The summed E-state index contributed by atoms with van der Waals surface area (Å²) in [4.78, 5) is 24.3. The molecule has 0 radical (unpaired) electrons. The van der Waals surface area contributed by atoms with Gasteiger partial charge in [0.05, 0.1) is 28.4 Å². The fourth-order valence-corrected chi connectivity index (χ4v) is 2.23. The summed E-state index contributed by atoms with van der Waals surface area (Å²) in [5.41, 5.74) is 0.764. The van der Waals surface area contributed by atoms with Crippen LogP contribution in [0.15, 0.2) is 36.4 Å². The summed E-state index contributed by atoms with van der Waals surface area (Å²) in [6, 6.07) is 9.73. The van der Waals surface area contributed by atoms with E-state index in [1.165, 1.54) is 40.6 Å². The highest BCUT2D eigenvalue weighted by molar-refractivity contribution is 6.43. The number of methoxy groups -OCH3 is 4. The van der Waals surface area contributed by atoms with Gasteiger partial charge in [0.15, 0.2) is 11.5 Å². The van der Waals surface area contributed by atoms with Crippen LogP contribution in [0.2, 0.25) is 0 Å². The largest absolute Gasteiger partial charge is 0.497 e. The molecule has 0 aliphatic heterocycles. The fourth-order valence-electron chi connectivity index (χ4n) is 2.23. The van der Waals surface area contributed by atoms with Crippen LogP contribution < -0.4 is 29.6 Å². The molecule has 0 fully saturated rings. The maximum Gasteiger partial charge on any atom is 0.314 e. The fraction of sp³-hybridized carbons (Fsp3) is 0.222. The van der Waals surface area contributed by atoms with Crippen LogP contribution in [0.25, 0.3) is 0 Å². The number of ether oxygens (including phenoxy) is 4. The predicted octanol–water partition coefficient (Wildman–Crippen LogP) is 2.30. The molecule has 0 saturated carbocycles. The lowest BCUT2D eigenvalue weighted by Gasteiger charge is -2.14. The van der Waals surface area contributed by atoms with Gasteiger partial charge in [-0.25, -0.2) is 0 Å². The zero-order chi connectivity index (χ0) is 19.1. The molecule has 0 unspecified atom stereocenters. The highest BCUT2D eigenvalue weighted by Gasteiger charge is 2.18. The van der Waals surface area contributed by atoms with E-state index in [0.717, 1.165) is 0 Å². The van der Waals surface area contributed by atoms with Crippen molar-refractivity contribution < 1.29 is 28.5 Å². The Balaban J connectivity index is 2.14. The topological polar surface area (TPSA) is 95.1 Å². The molecule has 2 rings (SSSR count). The summed E-state index contributed by atoms with van der Waals surface area (Å²) in [5.74, 6) is -0.0125. The van der Waals surface area contributed by atoms with Gasteiger partial charge in [0.25, 0.3) is 0 Å². The van der Waals surface area contributed by atoms with E-state index in [-0.39, 0.29) is 0 Å². The second-order valence-corrected chi connectivity index (χ2v) is 5.05. The normalized spacial score (nSPS) is 9.85. The zero-order valence-corrected chi connectivity index (χ0v) is 14.9. The van der Waals surface area contributed by atoms with Crippen LogP contribution in [-0.2, 0) is 9.59 Å². The Bertz CT molecular complexity index is 781. The van der Waals surface area contributed by atoms with E-state index in [9.17, 15) is 9.59 Å². The standard InChI is InChI=1S/C18H20N2O6/c1-23-13-7-5-6-11(8-13)19-17(21)18(22)20-12-9-14(24-2)16(26-4)15(10-12)25-3/h5-10H,1-4H3,(H,19,21)(H,20,22). The molecule has 2 N–H and O–H groups in total. The van der Waals surface area contributed by atoms with Crippen molar-refractivity contribution in [3.63, 3.8) is 0 Å². The van der Waals surface area contributed by atoms with E-state index < -0.39 is 11.8 Å². The van der Waals surface area contributed by atoms with Crippen molar-refractivity contribution in [2.75, 3.05) is 39.1 Å². The highest BCUT2D eigenvalue weighted by atomic mass is 16.5. The predicted molar refractivity (Wildman–Crippen MR) is 96.4 cm³/mol. The van der Waals surface area contributed by atoms with Gasteiger partial charge in [-0.2, -0.15) is 0 Å². The third-order valence-electron chi connectivity index (χ3n) is 3.46. The molecule has 0 saturated heterocycles. The maximum atomic E-state index is 12.2. The number of rotatable bonds is 6. The molecule has 2 amide bonds. The van der Waals surface area contributed by atoms with Crippen LogP contribution in [0.5, 0.6) is 23.0 Å². The lowest BCUT2D eigenvalue weighted by atomic mass is 10.2. The van der Waals surface area contributed by atoms with Crippen molar-refractivity contribution in [2.24, 2.45) is 0 Å². The molecule has 138 valence electrons. The van der Waals surface area contributed by atoms with Crippen molar-refractivity contribution in [2.45, 2.75) is 0 Å². The Hall–Kier alpha value is -3.42. The molecule has 0 spiro atoms. The van der Waals surface area contributed by atoms with E-state index in [0.29, 0.717) is 34.4 Å². The number of hydrogen-bond acceptors (Lipinski definition) is 6. The van der Waals surface area contributed by atoms with Gasteiger partial charge in [0, 0.05) is 29.6 Å². The van der Waals surface area contributed by atoms with E-state index in [2.05, 4.69) is 10.6 Å². The molecule has 8 nitrogen and oxygen atoms in total. The van der Waals surface area contributed by atoms with Crippen LogP contribution in [-0.4, -0.2) is 40.3 Å². The molecule has 0 aromatic heterocycles. The second kappa shape index (κ2) is 8.61. The molecule has 2 aromatic rings. The molecule has 0 aliphatic carbocycles. The Kier molecular flexibility index (Phi) is 6.26. The van der Waals surface area contributed by atoms with Crippen LogP contribution in [0.1, 0.15) is 0 Å².